The fraction of sp³-hybridized carbons (Fsp3) is 0.348. The minimum absolute atomic E-state index is 0.0740. The summed E-state index contributed by atoms with van der Waals surface area (Å²) in [6, 6.07) is 8.70. The summed E-state index contributed by atoms with van der Waals surface area (Å²) in [5, 5.41) is 0. The number of hydrogen-bond donors (Lipinski definition) is 2. The number of aromatic nitrogens is 3. The van der Waals surface area contributed by atoms with Gasteiger partial charge in [0.1, 0.15) is 5.52 Å². The van der Waals surface area contributed by atoms with Crippen LogP contribution in [0.5, 0.6) is 0 Å². The van der Waals surface area contributed by atoms with Crippen LogP contribution in [-0.2, 0) is 13.1 Å². The van der Waals surface area contributed by atoms with Crippen molar-refractivity contribution >= 4 is 28.5 Å². The Morgan fingerprint density at radius 3 is 2.84 bits per heavy atom. The maximum Gasteiger partial charge on any atom is 0.277 e. The molecule has 4 N–H and O–H groups in total. The zero-order valence-corrected chi connectivity index (χ0v) is 17.5. The number of carbonyl (C=O) groups excluding carboxylic acids is 1. The molecule has 4 rings (SSSR count). The molecule has 0 radical (unpaired) electrons. The van der Waals surface area contributed by atoms with Crippen LogP contribution in [0.1, 0.15) is 30.1 Å². The first-order valence-corrected chi connectivity index (χ1v) is 10.4. The van der Waals surface area contributed by atoms with E-state index in [0.717, 1.165) is 19.4 Å². The summed E-state index contributed by atoms with van der Waals surface area (Å²) in [5.41, 5.74) is 13.6. The maximum absolute atomic E-state index is 13.4. The summed E-state index contributed by atoms with van der Waals surface area (Å²) in [4.78, 5) is 33.0. The second-order valence-corrected chi connectivity index (χ2v) is 7.77. The van der Waals surface area contributed by atoms with Gasteiger partial charge in [0.05, 0.1) is 18.6 Å². The highest BCUT2D eigenvalue weighted by Crippen LogP contribution is 2.23. The third-order valence-electron chi connectivity index (χ3n) is 5.58. The third kappa shape index (κ3) is 4.05. The van der Waals surface area contributed by atoms with E-state index < -0.39 is 0 Å². The van der Waals surface area contributed by atoms with E-state index in [1.165, 1.54) is 4.57 Å². The van der Waals surface area contributed by atoms with Crippen LogP contribution in [0.4, 0.5) is 11.6 Å². The summed E-state index contributed by atoms with van der Waals surface area (Å²) < 4.78 is 3.24. The number of para-hydroxylation sites is 1. The first kappa shape index (κ1) is 20.7. The summed E-state index contributed by atoms with van der Waals surface area (Å²) >= 11 is 0. The Bertz CT molecular complexity index is 1250. The average Bonchev–Trinajstić information content (AvgIpc) is 3.13. The highest BCUT2D eigenvalue weighted by molar-refractivity contribution is 6.00. The molecule has 8 heteroatoms. The zero-order chi connectivity index (χ0) is 22.0. The van der Waals surface area contributed by atoms with Gasteiger partial charge < -0.3 is 20.9 Å². The minimum Gasteiger partial charge on any atom is -0.398 e. The van der Waals surface area contributed by atoms with Crippen molar-refractivity contribution in [2.45, 2.75) is 38.9 Å². The van der Waals surface area contributed by atoms with Crippen LogP contribution in [0.2, 0.25) is 0 Å². The number of nitrogens with two attached hydrogens (primary N) is 2. The van der Waals surface area contributed by atoms with E-state index in [1.807, 2.05) is 4.57 Å². The predicted molar refractivity (Wildman–Crippen MR) is 122 cm³/mol. The molecule has 2 aromatic heterocycles. The van der Waals surface area contributed by atoms with E-state index in [9.17, 15) is 9.59 Å². The molecule has 0 bridgehead atoms. The largest absolute Gasteiger partial charge is 0.398 e. The first-order valence-electron chi connectivity index (χ1n) is 10.4. The standard InChI is InChI=1S/C23H26N6O2/c1-2-3-12-29-21-19(26-23(29)28-11-6-7-16(24)14-28)10-13-27(22(21)31)15-20(30)17-8-4-5-9-18(17)25/h4-5,8-10,13,16H,6-7,11-12,14-15,24-25H2,1H3. The molecule has 1 aliphatic rings. The first-order chi connectivity index (χ1) is 15.0. The van der Waals surface area contributed by atoms with Gasteiger partial charge in [-0.3, -0.25) is 14.2 Å². The molecule has 0 aliphatic carbocycles. The average molecular weight is 419 g/mol. The summed E-state index contributed by atoms with van der Waals surface area (Å²) in [6.45, 7) is 3.51. The van der Waals surface area contributed by atoms with E-state index in [1.54, 1.807) is 43.5 Å². The molecule has 1 fully saturated rings. The highest BCUT2D eigenvalue weighted by Gasteiger charge is 2.24. The van der Waals surface area contributed by atoms with Crippen molar-refractivity contribution in [2.75, 3.05) is 23.7 Å². The number of hydrogen-bond acceptors (Lipinski definition) is 6. The van der Waals surface area contributed by atoms with Gasteiger partial charge in [-0.2, -0.15) is 0 Å². The maximum atomic E-state index is 13.4. The SMILES string of the molecule is CC#CCn1c(N2CCCC(N)C2)nc2ccn(CC(=O)c3ccccc3N)c(=O)c21. The lowest BCUT2D eigenvalue weighted by atomic mass is 10.1. The molecule has 1 atom stereocenters. The van der Waals surface area contributed by atoms with Crippen LogP contribution in [0.15, 0.2) is 41.3 Å². The lowest BCUT2D eigenvalue weighted by Crippen LogP contribution is -2.44. The number of anilines is 2. The molecule has 1 aromatic carbocycles. The quantitative estimate of drug-likeness (QED) is 0.370. The highest BCUT2D eigenvalue weighted by atomic mass is 16.1. The van der Waals surface area contributed by atoms with Gasteiger partial charge in [-0.05, 0) is 38.0 Å². The van der Waals surface area contributed by atoms with Crippen molar-refractivity contribution in [2.24, 2.45) is 5.73 Å². The van der Waals surface area contributed by atoms with E-state index in [-0.39, 0.29) is 23.9 Å². The second kappa shape index (κ2) is 8.66. The van der Waals surface area contributed by atoms with Gasteiger partial charge in [0.2, 0.25) is 5.95 Å². The van der Waals surface area contributed by atoms with E-state index in [0.29, 0.717) is 41.3 Å². The molecule has 1 unspecified atom stereocenters. The number of fused-ring (bicyclic) bond motifs is 1. The monoisotopic (exact) mass is 418 g/mol. The number of Topliss-reactive ketones (excluding diaryl/α,β-unsaturated/α-hetero) is 1. The van der Waals surface area contributed by atoms with Gasteiger partial charge in [0.25, 0.3) is 5.56 Å². The van der Waals surface area contributed by atoms with Gasteiger partial charge in [-0.1, -0.05) is 18.1 Å². The third-order valence-corrected chi connectivity index (χ3v) is 5.58. The van der Waals surface area contributed by atoms with Crippen LogP contribution in [0.25, 0.3) is 11.0 Å². The summed E-state index contributed by atoms with van der Waals surface area (Å²) in [6.07, 6.45) is 3.56. The van der Waals surface area contributed by atoms with E-state index in [2.05, 4.69) is 16.7 Å². The number of rotatable bonds is 5. The zero-order valence-electron chi connectivity index (χ0n) is 17.5. The van der Waals surface area contributed by atoms with Crippen molar-refractivity contribution in [1.29, 1.82) is 0 Å². The summed E-state index contributed by atoms with van der Waals surface area (Å²) in [7, 11) is 0. The molecule has 0 amide bonds. The van der Waals surface area contributed by atoms with Crippen LogP contribution >= 0.6 is 0 Å². The molecule has 0 spiro atoms. The van der Waals surface area contributed by atoms with Crippen LogP contribution < -0.4 is 21.9 Å². The Balaban J connectivity index is 1.77. The van der Waals surface area contributed by atoms with Crippen LogP contribution in [0, 0.1) is 11.8 Å². The van der Waals surface area contributed by atoms with Gasteiger partial charge in [0, 0.05) is 36.6 Å². The fourth-order valence-corrected chi connectivity index (χ4v) is 4.02. The molecule has 1 saturated heterocycles. The second-order valence-electron chi connectivity index (χ2n) is 7.77. The number of pyridine rings is 1. The number of imidazole rings is 1. The number of piperidine rings is 1. The van der Waals surface area contributed by atoms with Crippen LogP contribution in [0.3, 0.4) is 0 Å². The molecule has 3 heterocycles. The molecule has 0 saturated carbocycles. The van der Waals surface area contributed by atoms with Crippen molar-refractivity contribution in [3.8, 4) is 11.8 Å². The Morgan fingerprint density at radius 1 is 1.29 bits per heavy atom. The van der Waals surface area contributed by atoms with Crippen molar-refractivity contribution in [3.63, 3.8) is 0 Å². The molecule has 1 aliphatic heterocycles. The topological polar surface area (TPSA) is 112 Å². The number of benzene rings is 1. The van der Waals surface area contributed by atoms with Crippen LogP contribution in [-0.4, -0.2) is 39.0 Å². The van der Waals surface area contributed by atoms with Crippen molar-refractivity contribution in [1.82, 2.24) is 14.1 Å². The van der Waals surface area contributed by atoms with E-state index >= 15 is 0 Å². The van der Waals surface area contributed by atoms with E-state index in [4.69, 9.17) is 16.5 Å². The number of carbonyl (C=O) groups is 1. The Morgan fingerprint density at radius 2 is 2.10 bits per heavy atom. The van der Waals surface area contributed by atoms with Gasteiger partial charge in [0.15, 0.2) is 5.78 Å². The molecule has 8 nitrogen and oxygen atoms in total. The Kier molecular flexibility index (Phi) is 5.78. The number of ketones is 1. The molecular weight excluding hydrogens is 392 g/mol. The fourth-order valence-electron chi connectivity index (χ4n) is 4.02. The Labute approximate surface area is 180 Å². The molecule has 3 aromatic rings. The molecule has 31 heavy (non-hydrogen) atoms. The lowest BCUT2D eigenvalue weighted by molar-refractivity contribution is 0.0972. The Hall–Kier alpha value is -3.57. The molecular formula is C23H26N6O2. The minimum atomic E-state index is -0.279. The van der Waals surface area contributed by atoms with Crippen molar-refractivity contribution in [3.05, 3.63) is 52.4 Å². The summed E-state index contributed by atoms with van der Waals surface area (Å²) in [5.74, 6) is 6.40. The predicted octanol–water partition coefficient (Wildman–Crippen LogP) is 1.61. The van der Waals surface area contributed by atoms with Crippen molar-refractivity contribution < 1.29 is 4.79 Å². The van der Waals surface area contributed by atoms with Gasteiger partial charge in [-0.15, -0.1) is 5.92 Å². The molecule has 160 valence electrons. The van der Waals surface area contributed by atoms with Gasteiger partial charge >= 0.3 is 0 Å². The van der Waals surface area contributed by atoms with Gasteiger partial charge in [-0.25, -0.2) is 4.98 Å². The number of nitrogens with zero attached hydrogens (tertiary/aromatic N) is 4. The lowest BCUT2D eigenvalue weighted by Gasteiger charge is -2.31. The smallest absolute Gasteiger partial charge is 0.277 e. The normalized spacial score (nSPS) is 16.2. The number of nitrogen functional groups attached to an aromatic ring is 1.